The summed E-state index contributed by atoms with van der Waals surface area (Å²) in [6.07, 6.45) is 3.16. The molecule has 30 heavy (non-hydrogen) atoms. The lowest BCUT2D eigenvalue weighted by molar-refractivity contribution is 0.0300. The van der Waals surface area contributed by atoms with Crippen molar-refractivity contribution in [1.82, 2.24) is 13.7 Å². The van der Waals surface area contributed by atoms with Crippen LogP contribution >= 0.6 is 0 Å². The van der Waals surface area contributed by atoms with Gasteiger partial charge in [-0.25, -0.2) is 28.1 Å². The molecule has 0 aliphatic rings. The zero-order chi connectivity index (χ0) is 22.7. The second-order valence-corrected chi connectivity index (χ2v) is 7.89. The van der Waals surface area contributed by atoms with E-state index < -0.39 is 35.8 Å². The maximum Gasteiger partial charge on any atom is 0.340 e. The van der Waals surface area contributed by atoms with Crippen LogP contribution < -0.4 is 17.1 Å². The molecule has 0 aromatic carbocycles. The van der Waals surface area contributed by atoms with Gasteiger partial charge in [-0.3, -0.25) is 0 Å². The number of rotatable bonds is 15. The van der Waals surface area contributed by atoms with Gasteiger partial charge in [0.15, 0.2) is 0 Å². The van der Waals surface area contributed by atoms with Crippen LogP contribution in [-0.4, -0.2) is 29.0 Å². The predicted octanol–water partition coefficient (Wildman–Crippen LogP) is 2.39. The third-order valence-electron chi connectivity index (χ3n) is 5.33. The fourth-order valence-electron chi connectivity index (χ4n) is 3.48. The molecule has 0 fully saturated rings. The lowest BCUT2D eigenvalue weighted by Gasteiger charge is -2.22. The lowest BCUT2D eigenvalue weighted by Crippen LogP contribution is -2.57. The van der Waals surface area contributed by atoms with Crippen LogP contribution in [-0.2, 0) is 0 Å². The molecule has 0 saturated carbocycles. The molecule has 0 bridgehead atoms. The van der Waals surface area contributed by atoms with Crippen molar-refractivity contribution in [2.45, 2.75) is 117 Å². The average molecular weight is 430 g/mol. The Labute approximate surface area is 177 Å². The number of hydrogen-bond acceptors (Lipinski definition) is 6. The van der Waals surface area contributed by atoms with Crippen molar-refractivity contribution in [1.29, 1.82) is 0 Å². The molecular formula is C21H39N3O6. The summed E-state index contributed by atoms with van der Waals surface area (Å²) in [5.41, 5.74) is -3.14. The largest absolute Gasteiger partial charge is 0.373 e. The van der Waals surface area contributed by atoms with E-state index in [0.29, 0.717) is 33.0 Å². The molecule has 9 heteroatoms. The van der Waals surface area contributed by atoms with Gasteiger partial charge in [-0.15, -0.1) is 0 Å². The third-order valence-corrected chi connectivity index (χ3v) is 5.33. The van der Waals surface area contributed by atoms with Gasteiger partial charge in [0.25, 0.3) is 0 Å². The van der Waals surface area contributed by atoms with Crippen molar-refractivity contribution in [3.63, 3.8) is 0 Å². The molecule has 0 radical (unpaired) electrons. The van der Waals surface area contributed by atoms with Crippen molar-refractivity contribution in [3.8, 4) is 0 Å². The fourth-order valence-corrected chi connectivity index (χ4v) is 3.48. The number of aliphatic hydroxyl groups is 3. The molecule has 1 aromatic rings. The van der Waals surface area contributed by atoms with E-state index in [-0.39, 0.29) is 19.3 Å². The van der Waals surface area contributed by atoms with Crippen LogP contribution in [0.3, 0.4) is 0 Å². The van der Waals surface area contributed by atoms with E-state index in [4.69, 9.17) is 0 Å². The Balaban J connectivity index is 3.46. The summed E-state index contributed by atoms with van der Waals surface area (Å²) in [5, 5.41) is 31.5. The minimum atomic E-state index is -1.43. The quantitative estimate of drug-likeness (QED) is 0.367. The minimum Gasteiger partial charge on any atom is -0.373 e. The molecule has 0 saturated heterocycles. The van der Waals surface area contributed by atoms with Gasteiger partial charge < -0.3 is 15.3 Å². The van der Waals surface area contributed by atoms with E-state index >= 15 is 0 Å². The predicted molar refractivity (Wildman–Crippen MR) is 115 cm³/mol. The Kier molecular flexibility index (Phi) is 11.9. The Bertz CT molecular complexity index is 662. The highest BCUT2D eigenvalue weighted by atomic mass is 16.3. The summed E-state index contributed by atoms with van der Waals surface area (Å²) in [7, 11) is 0. The second kappa shape index (κ2) is 13.6. The van der Waals surface area contributed by atoms with Crippen molar-refractivity contribution in [2.24, 2.45) is 0 Å². The van der Waals surface area contributed by atoms with Gasteiger partial charge in [-0.1, -0.05) is 59.3 Å². The van der Waals surface area contributed by atoms with Gasteiger partial charge in [0, 0.05) is 0 Å². The number of aliphatic hydroxyl groups excluding tert-OH is 3. The molecule has 0 aliphatic heterocycles. The van der Waals surface area contributed by atoms with Gasteiger partial charge >= 0.3 is 17.1 Å². The fraction of sp³-hybridized carbons (Fsp3) is 0.857. The van der Waals surface area contributed by atoms with Crippen LogP contribution in [0.1, 0.15) is 117 Å². The summed E-state index contributed by atoms with van der Waals surface area (Å²) in [4.78, 5) is 38.7. The number of aromatic nitrogens is 3. The number of hydrogen-bond donors (Lipinski definition) is 3. The first kappa shape index (κ1) is 26.3. The SMILES string of the molecule is CCCCCC(O)n1c(=O)n(C(O)CCCCC)c(=O)n(C(O)CCCCC)c1=O. The Morgan fingerprint density at radius 3 is 0.967 bits per heavy atom. The monoisotopic (exact) mass is 429 g/mol. The number of nitrogens with zero attached hydrogens (tertiary/aromatic N) is 3. The molecule has 174 valence electrons. The van der Waals surface area contributed by atoms with Crippen molar-refractivity contribution < 1.29 is 15.3 Å². The molecule has 1 rings (SSSR count). The molecule has 3 unspecified atom stereocenters. The molecule has 0 amide bonds. The summed E-state index contributed by atoms with van der Waals surface area (Å²) < 4.78 is 1.76. The van der Waals surface area contributed by atoms with Crippen LogP contribution in [0.5, 0.6) is 0 Å². The van der Waals surface area contributed by atoms with Crippen LogP contribution in [0.15, 0.2) is 14.4 Å². The first-order valence-corrected chi connectivity index (χ1v) is 11.3. The molecule has 3 N–H and O–H groups in total. The third kappa shape index (κ3) is 6.92. The van der Waals surface area contributed by atoms with Crippen molar-refractivity contribution in [3.05, 3.63) is 31.5 Å². The first-order chi connectivity index (χ1) is 14.3. The van der Waals surface area contributed by atoms with Gasteiger partial charge in [-0.2, -0.15) is 0 Å². The average Bonchev–Trinajstić information content (AvgIpc) is 2.68. The highest BCUT2D eigenvalue weighted by Gasteiger charge is 2.26. The van der Waals surface area contributed by atoms with E-state index in [1.165, 1.54) is 0 Å². The smallest absolute Gasteiger partial charge is 0.340 e. The van der Waals surface area contributed by atoms with E-state index in [1.54, 1.807) is 0 Å². The van der Waals surface area contributed by atoms with Gasteiger partial charge in [0.1, 0.15) is 18.7 Å². The topological polar surface area (TPSA) is 127 Å². The molecular weight excluding hydrogens is 390 g/mol. The van der Waals surface area contributed by atoms with Crippen molar-refractivity contribution in [2.75, 3.05) is 0 Å². The summed E-state index contributed by atoms with van der Waals surface area (Å²) in [6.45, 7) is 5.97. The normalized spacial score (nSPS) is 14.6. The van der Waals surface area contributed by atoms with Crippen molar-refractivity contribution >= 4 is 0 Å². The maximum absolute atomic E-state index is 12.9. The summed E-state index contributed by atoms with van der Waals surface area (Å²) >= 11 is 0. The zero-order valence-electron chi connectivity index (χ0n) is 18.6. The van der Waals surface area contributed by atoms with Crippen LogP contribution in [0.2, 0.25) is 0 Å². The van der Waals surface area contributed by atoms with E-state index in [9.17, 15) is 29.7 Å². The number of unbranched alkanes of at least 4 members (excludes halogenated alkanes) is 6. The molecule has 9 nitrogen and oxygen atoms in total. The van der Waals surface area contributed by atoms with Gasteiger partial charge in [0.2, 0.25) is 0 Å². The first-order valence-electron chi connectivity index (χ1n) is 11.3. The Morgan fingerprint density at radius 2 is 0.767 bits per heavy atom. The summed E-state index contributed by atoms with van der Waals surface area (Å²) in [5.74, 6) is 0. The molecule has 0 spiro atoms. The van der Waals surface area contributed by atoms with E-state index in [2.05, 4.69) is 0 Å². The highest BCUT2D eigenvalue weighted by Crippen LogP contribution is 2.14. The standard InChI is InChI=1S/C21H39N3O6/c1-4-7-10-13-16(25)22-19(28)23(17(26)14-11-8-5-2)21(30)24(20(22)29)18(27)15-12-9-6-3/h16-18,25-27H,4-15H2,1-3H3. The lowest BCUT2D eigenvalue weighted by atomic mass is 10.2. The van der Waals surface area contributed by atoms with Gasteiger partial charge in [-0.05, 0) is 38.5 Å². The molecule has 1 heterocycles. The zero-order valence-corrected chi connectivity index (χ0v) is 18.6. The van der Waals surface area contributed by atoms with E-state index in [0.717, 1.165) is 38.5 Å². The molecule has 0 aliphatic carbocycles. The minimum absolute atomic E-state index is 0.166. The van der Waals surface area contributed by atoms with Crippen LogP contribution in [0, 0.1) is 0 Å². The second-order valence-electron chi connectivity index (χ2n) is 7.89. The maximum atomic E-state index is 12.9. The van der Waals surface area contributed by atoms with Crippen LogP contribution in [0.4, 0.5) is 0 Å². The van der Waals surface area contributed by atoms with Crippen LogP contribution in [0.25, 0.3) is 0 Å². The van der Waals surface area contributed by atoms with Gasteiger partial charge in [0.05, 0.1) is 0 Å². The highest BCUT2D eigenvalue weighted by molar-refractivity contribution is 4.84. The summed E-state index contributed by atoms with van der Waals surface area (Å²) in [6, 6.07) is 0. The van der Waals surface area contributed by atoms with E-state index in [1.807, 2.05) is 20.8 Å². The Morgan fingerprint density at radius 1 is 0.533 bits per heavy atom. The Hall–Kier alpha value is -1.71. The molecule has 3 atom stereocenters. The molecule has 1 aromatic heterocycles.